The molecule has 2 aromatic rings. The van der Waals surface area contributed by atoms with Crippen LogP contribution in [0, 0.1) is 6.92 Å². The maximum Gasteiger partial charge on any atom is 0.220 e. The minimum atomic E-state index is -0.309. The third kappa shape index (κ3) is 4.08. The van der Waals surface area contributed by atoms with E-state index < -0.39 is 0 Å². The van der Waals surface area contributed by atoms with Crippen molar-refractivity contribution < 1.29 is 19.0 Å². The summed E-state index contributed by atoms with van der Waals surface area (Å²) in [6.07, 6.45) is 1.84. The number of ether oxygens (including phenoxy) is 3. The number of carbonyl (C=O) groups excluding carboxylic acids is 1. The topological polar surface area (TPSA) is 56.8 Å². The Kier molecular flexibility index (Phi) is 4.92. The zero-order valence-corrected chi connectivity index (χ0v) is 16.7. The van der Waals surface area contributed by atoms with Gasteiger partial charge in [-0.1, -0.05) is 23.8 Å². The summed E-state index contributed by atoms with van der Waals surface area (Å²) in [5.41, 5.74) is 2.99. The Morgan fingerprint density at radius 3 is 2.64 bits per heavy atom. The van der Waals surface area contributed by atoms with Gasteiger partial charge in [0.05, 0.1) is 6.04 Å². The summed E-state index contributed by atoms with van der Waals surface area (Å²) >= 11 is 0. The molecule has 1 N–H and O–H groups in total. The molecule has 0 aromatic heterocycles. The average Bonchev–Trinajstić information content (AvgIpc) is 2.66. The molecule has 2 aliphatic heterocycles. The molecule has 0 fully saturated rings. The number of carbonyl (C=O) groups is 1. The van der Waals surface area contributed by atoms with Gasteiger partial charge in [0.1, 0.15) is 24.6 Å². The van der Waals surface area contributed by atoms with Crippen LogP contribution in [0.4, 0.5) is 0 Å². The number of nitrogens with one attached hydrogen (secondary N) is 1. The fourth-order valence-electron chi connectivity index (χ4n) is 3.87. The molecule has 1 amide bonds. The van der Waals surface area contributed by atoms with E-state index in [1.165, 1.54) is 0 Å². The van der Waals surface area contributed by atoms with Gasteiger partial charge in [0.2, 0.25) is 5.91 Å². The zero-order chi connectivity index (χ0) is 19.7. The first-order valence-electron chi connectivity index (χ1n) is 9.87. The van der Waals surface area contributed by atoms with E-state index in [1.807, 2.05) is 30.3 Å². The first-order valence-corrected chi connectivity index (χ1v) is 9.87. The number of benzene rings is 2. The number of hydrogen-bond acceptors (Lipinski definition) is 4. The molecule has 0 bridgehead atoms. The third-order valence-corrected chi connectivity index (χ3v) is 5.21. The van der Waals surface area contributed by atoms with Gasteiger partial charge in [0.25, 0.3) is 0 Å². The molecule has 2 heterocycles. The van der Waals surface area contributed by atoms with Gasteiger partial charge in [-0.3, -0.25) is 4.79 Å². The van der Waals surface area contributed by atoms with Crippen LogP contribution in [0.5, 0.6) is 17.2 Å². The molecule has 2 aromatic carbocycles. The van der Waals surface area contributed by atoms with Gasteiger partial charge in [-0.25, -0.2) is 0 Å². The van der Waals surface area contributed by atoms with Crippen molar-refractivity contribution in [1.82, 2.24) is 5.32 Å². The van der Waals surface area contributed by atoms with E-state index in [1.54, 1.807) is 0 Å². The van der Waals surface area contributed by atoms with Crippen LogP contribution in [0.2, 0.25) is 0 Å². The smallest absolute Gasteiger partial charge is 0.220 e. The normalized spacial score (nSPS) is 19.3. The highest BCUT2D eigenvalue weighted by Gasteiger charge is 2.34. The molecule has 1 atom stereocenters. The van der Waals surface area contributed by atoms with Crippen molar-refractivity contribution in [3.63, 3.8) is 0 Å². The van der Waals surface area contributed by atoms with E-state index >= 15 is 0 Å². The van der Waals surface area contributed by atoms with Crippen molar-refractivity contribution in [2.24, 2.45) is 0 Å². The van der Waals surface area contributed by atoms with E-state index in [9.17, 15) is 4.79 Å². The zero-order valence-electron chi connectivity index (χ0n) is 16.7. The lowest BCUT2D eigenvalue weighted by Crippen LogP contribution is -2.41. The van der Waals surface area contributed by atoms with Crippen LogP contribution < -0.4 is 19.5 Å². The van der Waals surface area contributed by atoms with Crippen LogP contribution in [0.3, 0.4) is 0 Å². The number of hydrogen-bond donors (Lipinski definition) is 1. The summed E-state index contributed by atoms with van der Waals surface area (Å²) in [7, 11) is 0. The predicted octanol–water partition coefficient (Wildman–Crippen LogP) is 4.12. The van der Waals surface area contributed by atoms with Crippen molar-refractivity contribution in [3.8, 4) is 17.2 Å². The summed E-state index contributed by atoms with van der Waals surface area (Å²) in [5.74, 6) is 2.44. The quantitative estimate of drug-likeness (QED) is 0.866. The lowest BCUT2D eigenvalue weighted by Gasteiger charge is -2.38. The SMILES string of the molecule is Cc1ccc2c(c1)[C@H](NC(=O)CCc1ccc3c(c1)OCCO3)CC(C)(C)O2. The molecular formula is C23H27NO4. The van der Waals surface area contributed by atoms with Crippen molar-refractivity contribution in [2.45, 2.75) is 51.7 Å². The predicted molar refractivity (Wildman–Crippen MR) is 107 cm³/mol. The molecule has 5 nitrogen and oxygen atoms in total. The van der Waals surface area contributed by atoms with Crippen molar-refractivity contribution in [3.05, 3.63) is 53.1 Å². The van der Waals surface area contributed by atoms with Crippen LogP contribution in [-0.2, 0) is 11.2 Å². The highest BCUT2D eigenvalue weighted by molar-refractivity contribution is 5.77. The number of aryl methyl sites for hydroxylation is 2. The standard InChI is InChI=1S/C23H27NO4/c1-15-4-7-19-17(12-15)18(14-23(2,3)28-19)24-22(25)9-6-16-5-8-20-21(13-16)27-11-10-26-20/h4-5,7-8,12-13,18H,6,9-11,14H2,1-3H3,(H,24,25)/t18-/m1/s1. The summed E-state index contributed by atoms with van der Waals surface area (Å²) in [6, 6.07) is 12.0. The number of fused-ring (bicyclic) bond motifs is 2. The Morgan fingerprint density at radius 2 is 1.82 bits per heavy atom. The summed E-state index contributed by atoms with van der Waals surface area (Å²) in [5, 5.41) is 3.22. The van der Waals surface area contributed by atoms with Crippen LogP contribution >= 0.6 is 0 Å². The maximum absolute atomic E-state index is 12.7. The fraction of sp³-hybridized carbons (Fsp3) is 0.435. The Bertz CT molecular complexity index is 890. The first-order chi connectivity index (χ1) is 13.4. The molecule has 0 saturated heterocycles. The summed E-state index contributed by atoms with van der Waals surface area (Å²) < 4.78 is 17.3. The Labute approximate surface area is 166 Å². The summed E-state index contributed by atoms with van der Waals surface area (Å²) in [6.45, 7) is 7.32. The monoisotopic (exact) mass is 381 g/mol. The van der Waals surface area contributed by atoms with Crippen LogP contribution in [-0.4, -0.2) is 24.7 Å². The van der Waals surface area contributed by atoms with Crippen LogP contribution in [0.25, 0.3) is 0 Å². The van der Waals surface area contributed by atoms with Crippen molar-refractivity contribution in [1.29, 1.82) is 0 Å². The molecular weight excluding hydrogens is 354 g/mol. The molecule has 0 radical (unpaired) electrons. The molecule has 0 unspecified atom stereocenters. The van der Waals surface area contributed by atoms with Crippen molar-refractivity contribution >= 4 is 5.91 Å². The Balaban J connectivity index is 1.42. The van der Waals surface area contributed by atoms with E-state index in [0.717, 1.165) is 40.4 Å². The maximum atomic E-state index is 12.7. The Morgan fingerprint density at radius 1 is 1.07 bits per heavy atom. The molecule has 0 aliphatic carbocycles. The van der Waals surface area contributed by atoms with Gasteiger partial charge in [-0.05, 0) is 51.0 Å². The molecule has 2 aliphatic rings. The highest BCUT2D eigenvalue weighted by Crippen LogP contribution is 2.40. The molecule has 4 rings (SSSR count). The fourth-order valence-corrected chi connectivity index (χ4v) is 3.87. The Hall–Kier alpha value is -2.69. The molecule has 0 spiro atoms. The molecule has 0 saturated carbocycles. The minimum absolute atomic E-state index is 0.0357. The van der Waals surface area contributed by atoms with Gasteiger partial charge in [-0.15, -0.1) is 0 Å². The molecule has 5 heteroatoms. The van der Waals surface area contributed by atoms with Gasteiger partial charge in [-0.2, -0.15) is 0 Å². The van der Waals surface area contributed by atoms with Crippen LogP contribution in [0.15, 0.2) is 36.4 Å². The molecule has 28 heavy (non-hydrogen) atoms. The van der Waals surface area contributed by atoms with Gasteiger partial charge in [0, 0.05) is 18.4 Å². The lowest BCUT2D eigenvalue weighted by atomic mass is 9.89. The number of rotatable bonds is 4. The van der Waals surface area contributed by atoms with E-state index in [0.29, 0.717) is 26.1 Å². The lowest BCUT2D eigenvalue weighted by molar-refractivity contribution is -0.122. The van der Waals surface area contributed by atoms with E-state index in [-0.39, 0.29) is 17.6 Å². The van der Waals surface area contributed by atoms with Crippen LogP contribution in [0.1, 0.15) is 49.4 Å². The average molecular weight is 381 g/mol. The highest BCUT2D eigenvalue weighted by atomic mass is 16.6. The third-order valence-electron chi connectivity index (χ3n) is 5.21. The van der Waals surface area contributed by atoms with E-state index in [2.05, 4.69) is 32.2 Å². The largest absolute Gasteiger partial charge is 0.487 e. The van der Waals surface area contributed by atoms with Gasteiger partial charge in [0.15, 0.2) is 11.5 Å². The van der Waals surface area contributed by atoms with E-state index in [4.69, 9.17) is 14.2 Å². The van der Waals surface area contributed by atoms with Gasteiger partial charge < -0.3 is 19.5 Å². The van der Waals surface area contributed by atoms with Crippen molar-refractivity contribution in [2.75, 3.05) is 13.2 Å². The number of amides is 1. The summed E-state index contributed by atoms with van der Waals surface area (Å²) in [4.78, 5) is 12.7. The van der Waals surface area contributed by atoms with Gasteiger partial charge >= 0.3 is 0 Å². The first kappa shape index (κ1) is 18.7. The second-order valence-electron chi connectivity index (χ2n) is 8.21. The minimum Gasteiger partial charge on any atom is -0.487 e. The second-order valence-corrected chi connectivity index (χ2v) is 8.21. The second kappa shape index (κ2) is 7.38. The molecule has 148 valence electrons.